The standard InChI is InChI=1S/C13H20N2S/c1-2-3-4-5-7-12(10-14)15-11-13-8-6-9-16-13/h6,8-9,12,15H,2-5,7,11H2,1H3. The Morgan fingerprint density at radius 3 is 2.94 bits per heavy atom. The van der Waals surface area contributed by atoms with Gasteiger partial charge in [0.15, 0.2) is 0 Å². The summed E-state index contributed by atoms with van der Waals surface area (Å²) in [6, 6.07) is 6.49. The monoisotopic (exact) mass is 236 g/mol. The summed E-state index contributed by atoms with van der Waals surface area (Å²) >= 11 is 1.74. The van der Waals surface area contributed by atoms with Crippen molar-refractivity contribution in [3.05, 3.63) is 22.4 Å². The van der Waals surface area contributed by atoms with Crippen molar-refractivity contribution in [2.75, 3.05) is 0 Å². The fourth-order valence-electron chi connectivity index (χ4n) is 1.62. The largest absolute Gasteiger partial charge is 0.297 e. The maximum absolute atomic E-state index is 9.00. The number of nitrogens with zero attached hydrogens (tertiary/aromatic N) is 1. The van der Waals surface area contributed by atoms with Crippen LogP contribution in [-0.2, 0) is 6.54 Å². The van der Waals surface area contributed by atoms with Crippen molar-refractivity contribution in [3.8, 4) is 6.07 Å². The highest BCUT2D eigenvalue weighted by molar-refractivity contribution is 7.09. The normalized spacial score (nSPS) is 12.2. The maximum Gasteiger partial charge on any atom is 0.0955 e. The van der Waals surface area contributed by atoms with E-state index in [-0.39, 0.29) is 6.04 Å². The van der Waals surface area contributed by atoms with Crippen LogP contribution in [0.5, 0.6) is 0 Å². The van der Waals surface area contributed by atoms with E-state index in [9.17, 15) is 0 Å². The molecular formula is C13H20N2S. The van der Waals surface area contributed by atoms with Gasteiger partial charge in [-0.1, -0.05) is 38.7 Å². The molecule has 1 aromatic rings. The summed E-state index contributed by atoms with van der Waals surface area (Å²) in [7, 11) is 0. The van der Waals surface area contributed by atoms with Gasteiger partial charge >= 0.3 is 0 Å². The SMILES string of the molecule is CCCCCCC(C#N)NCc1cccs1. The molecule has 0 amide bonds. The van der Waals surface area contributed by atoms with Crippen molar-refractivity contribution in [2.45, 2.75) is 51.6 Å². The van der Waals surface area contributed by atoms with E-state index in [0.717, 1.165) is 19.4 Å². The number of rotatable bonds is 8. The number of nitrogens with one attached hydrogen (secondary N) is 1. The Labute approximate surface area is 102 Å². The molecular weight excluding hydrogens is 216 g/mol. The summed E-state index contributed by atoms with van der Waals surface area (Å²) < 4.78 is 0. The van der Waals surface area contributed by atoms with Crippen molar-refractivity contribution in [1.29, 1.82) is 5.26 Å². The zero-order chi connectivity index (χ0) is 11.6. The van der Waals surface area contributed by atoms with Crippen LogP contribution >= 0.6 is 11.3 Å². The molecule has 2 nitrogen and oxygen atoms in total. The molecule has 1 aromatic heterocycles. The van der Waals surface area contributed by atoms with Crippen LogP contribution in [0.15, 0.2) is 17.5 Å². The van der Waals surface area contributed by atoms with Crippen LogP contribution in [0.3, 0.4) is 0 Å². The second-order valence-electron chi connectivity index (χ2n) is 3.99. The van der Waals surface area contributed by atoms with Crippen LogP contribution in [0.25, 0.3) is 0 Å². The molecule has 0 fully saturated rings. The van der Waals surface area contributed by atoms with E-state index in [0.29, 0.717) is 0 Å². The first-order valence-corrected chi connectivity index (χ1v) is 6.90. The van der Waals surface area contributed by atoms with Gasteiger partial charge in [-0.05, 0) is 17.9 Å². The van der Waals surface area contributed by atoms with Gasteiger partial charge in [0.2, 0.25) is 0 Å². The Balaban J connectivity index is 2.14. The molecule has 1 unspecified atom stereocenters. The third-order valence-corrected chi connectivity index (χ3v) is 3.48. The smallest absolute Gasteiger partial charge is 0.0955 e. The quantitative estimate of drug-likeness (QED) is 0.699. The van der Waals surface area contributed by atoms with Crippen LogP contribution in [0.1, 0.15) is 43.9 Å². The van der Waals surface area contributed by atoms with Crippen molar-refractivity contribution in [2.24, 2.45) is 0 Å². The maximum atomic E-state index is 9.00. The van der Waals surface area contributed by atoms with E-state index < -0.39 is 0 Å². The van der Waals surface area contributed by atoms with Gasteiger partial charge in [-0.2, -0.15) is 5.26 Å². The zero-order valence-electron chi connectivity index (χ0n) is 9.91. The molecule has 1 atom stereocenters. The lowest BCUT2D eigenvalue weighted by Crippen LogP contribution is -2.26. The summed E-state index contributed by atoms with van der Waals surface area (Å²) in [5, 5.41) is 14.4. The van der Waals surface area contributed by atoms with E-state index in [4.69, 9.17) is 5.26 Å². The minimum absolute atomic E-state index is 0.0129. The van der Waals surface area contributed by atoms with Gasteiger partial charge in [0.05, 0.1) is 12.1 Å². The Morgan fingerprint density at radius 2 is 2.31 bits per heavy atom. The molecule has 0 radical (unpaired) electrons. The van der Waals surface area contributed by atoms with Gasteiger partial charge in [0, 0.05) is 11.4 Å². The topological polar surface area (TPSA) is 35.8 Å². The van der Waals surface area contributed by atoms with Crippen molar-refractivity contribution < 1.29 is 0 Å². The van der Waals surface area contributed by atoms with Gasteiger partial charge < -0.3 is 0 Å². The molecule has 0 spiro atoms. The van der Waals surface area contributed by atoms with E-state index in [2.05, 4.69) is 29.8 Å². The highest BCUT2D eigenvalue weighted by Gasteiger charge is 2.06. The molecule has 0 aliphatic rings. The summed E-state index contributed by atoms with van der Waals surface area (Å²) in [5.74, 6) is 0. The molecule has 1 N–H and O–H groups in total. The third-order valence-electron chi connectivity index (χ3n) is 2.60. The summed E-state index contributed by atoms with van der Waals surface area (Å²) in [6.07, 6.45) is 5.91. The Hall–Kier alpha value is -0.850. The van der Waals surface area contributed by atoms with Crippen LogP contribution < -0.4 is 5.32 Å². The summed E-state index contributed by atoms with van der Waals surface area (Å²) in [4.78, 5) is 1.30. The number of thiophene rings is 1. The highest BCUT2D eigenvalue weighted by Crippen LogP contribution is 2.09. The molecule has 1 heterocycles. The number of hydrogen-bond donors (Lipinski definition) is 1. The van der Waals surface area contributed by atoms with Gasteiger partial charge in [-0.3, -0.25) is 5.32 Å². The average molecular weight is 236 g/mol. The van der Waals surface area contributed by atoms with E-state index >= 15 is 0 Å². The molecule has 0 bridgehead atoms. The predicted molar refractivity (Wildman–Crippen MR) is 69.3 cm³/mol. The van der Waals surface area contributed by atoms with E-state index in [1.807, 2.05) is 6.07 Å². The van der Waals surface area contributed by atoms with Gasteiger partial charge in [-0.25, -0.2) is 0 Å². The fourth-order valence-corrected chi connectivity index (χ4v) is 2.28. The van der Waals surface area contributed by atoms with E-state index in [1.54, 1.807) is 11.3 Å². The lowest BCUT2D eigenvalue weighted by molar-refractivity contribution is 0.525. The molecule has 0 aliphatic carbocycles. The minimum atomic E-state index is 0.0129. The Bertz CT molecular complexity index is 300. The zero-order valence-corrected chi connectivity index (χ0v) is 10.7. The lowest BCUT2D eigenvalue weighted by Gasteiger charge is -2.10. The average Bonchev–Trinajstić information content (AvgIpc) is 2.81. The predicted octanol–water partition coefficient (Wildman–Crippen LogP) is 3.70. The third kappa shape index (κ3) is 5.29. The van der Waals surface area contributed by atoms with Crippen molar-refractivity contribution >= 4 is 11.3 Å². The molecule has 0 aliphatic heterocycles. The van der Waals surface area contributed by atoms with Crippen molar-refractivity contribution in [3.63, 3.8) is 0 Å². The number of nitriles is 1. The van der Waals surface area contributed by atoms with Crippen LogP contribution in [0.4, 0.5) is 0 Å². The number of hydrogen-bond acceptors (Lipinski definition) is 3. The van der Waals surface area contributed by atoms with Crippen LogP contribution in [0, 0.1) is 11.3 Å². The second kappa shape index (κ2) is 8.32. The molecule has 1 rings (SSSR count). The molecule has 0 saturated carbocycles. The van der Waals surface area contributed by atoms with Crippen LogP contribution in [0.2, 0.25) is 0 Å². The summed E-state index contributed by atoms with van der Waals surface area (Å²) in [6.45, 7) is 3.03. The minimum Gasteiger partial charge on any atom is -0.297 e. The van der Waals surface area contributed by atoms with Gasteiger partial charge in [0.1, 0.15) is 0 Å². The second-order valence-corrected chi connectivity index (χ2v) is 5.02. The number of unbranched alkanes of at least 4 members (excludes halogenated alkanes) is 3. The van der Waals surface area contributed by atoms with Crippen LogP contribution in [-0.4, -0.2) is 6.04 Å². The first kappa shape index (κ1) is 13.2. The lowest BCUT2D eigenvalue weighted by atomic mass is 10.1. The van der Waals surface area contributed by atoms with Gasteiger partial charge in [-0.15, -0.1) is 11.3 Å². The first-order valence-electron chi connectivity index (χ1n) is 6.02. The van der Waals surface area contributed by atoms with Gasteiger partial charge in [0.25, 0.3) is 0 Å². The van der Waals surface area contributed by atoms with E-state index in [1.165, 1.54) is 24.1 Å². The van der Waals surface area contributed by atoms with Crippen molar-refractivity contribution in [1.82, 2.24) is 5.32 Å². The molecule has 16 heavy (non-hydrogen) atoms. The molecule has 0 aromatic carbocycles. The highest BCUT2D eigenvalue weighted by atomic mass is 32.1. The Kier molecular flexibility index (Phi) is 6.87. The molecule has 0 saturated heterocycles. The fraction of sp³-hybridized carbons (Fsp3) is 0.615. The molecule has 88 valence electrons. The first-order chi connectivity index (χ1) is 7.86. The Morgan fingerprint density at radius 1 is 1.44 bits per heavy atom. The summed E-state index contributed by atoms with van der Waals surface area (Å²) in [5.41, 5.74) is 0. The molecule has 3 heteroatoms.